The highest BCUT2D eigenvalue weighted by atomic mass is 19.1. The molecule has 0 saturated carbocycles. The van der Waals surface area contributed by atoms with Crippen molar-refractivity contribution in [2.75, 3.05) is 33.3 Å². The summed E-state index contributed by atoms with van der Waals surface area (Å²) >= 11 is 0. The van der Waals surface area contributed by atoms with Crippen LogP contribution in [-0.4, -0.2) is 44.2 Å². The average molecular weight is 284 g/mol. The van der Waals surface area contributed by atoms with E-state index in [2.05, 4.69) is 5.32 Å². The highest BCUT2D eigenvalue weighted by Gasteiger charge is 2.31. The minimum Gasteiger partial charge on any atom is -0.468 e. The largest absolute Gasteiger partial charge is 0.468 e. The van der Waals surface area contributed by atoms with E-state index in [1.165, 1.54) is 13.2 Å². The fraction of sp³-hybridized carbons (Fsp3) is 0.500. The topological polar surface area (TPSA) is 41.6 Å². The zero-order valence-corrected chi connectivity index (χ0v) is 11.4. The van der Waals surface area contributed by atoms with Gasteiger partial charge in [0, 0.05) is 31.3 Å². The molecule has 1 aromatic carbocycles. The molecule has 1 saturated heterocycles. The van der Waals surface area contributed by atoms with E-state index in [0.717, 1.165) is 31.6 Å². The van der Waals surface area contributed by atoms with Crippen molar-refractivity contribution in [2.24, 2.45) is 0 Å². The Balaban J connectivity index is 2.33. The lowest BCUT2D eigenvalue weighted by atomic mass is 10.0. The van der Waals surface area contributed by atoms with Crippen LogP contribution in [-0.2, 0) is 9.53 Å². The molecule has 1 atom stereocenters. The second kappa shape index (κ2) is 6.76. The van der Waals surface area contributed by atoms with Crippen molar-refractivity contribution in [3.05, 3.63) is 35.4 Å². The van der Waals surface area contributed by atoms with Crippen molar-refractivity contribution in [2.45, 2.75) is 12.5 Å². The van der Waals surface area contributed by atoms with Gasteiger partial charge >= 0.3 is 5.97 Å². The van der Waals surface area contributed by atoms with E-state index in [9.17, 15) is 13.6 Å². The number of esters is 1. The SMILES string of the molecule is COC(=O)C(c1ccc(F)cc1F)N1CCCNCC1. The Morgan fingerprint density at radius 2 is 2.15 bits per heavy atom. The van der Waals surface area contributed by atoms with Crippen LogP contribution >= 0.6 is 0 Å². The Labute approximate surface area is 116 Å². The van der Waals surface area contributed by atoms with E-state index in [-0.39, 0.29) is 5.56 Å². The van der Waals surface area contributed by atoms with Crippen LogP contribution in [0.2, 0.25) is 0 Å². The molecule has 0 amide bonds. The standard InChI is InChI=1S/C14H18F2N2O2/c1-20-14(19)13(18-7-2-5-17-6-8-18)11-4-3-10(15)9-12(11)16/h3-4,9,13,17H,2,5-8H2,1H3. The van der Waals surface area contributed by atoms with E-state index in [1.54, 1.807) is 0 Å². The molecule has 1 unspecified atom stereocenters. The van der Waals surface area contributed by atoms with Gasteiger partial charge in [-0.2, -0.15) is 0 Å². The molecule has 0 radical (unpaired) electrons. The molecule has 110 valence electrons. The maximum Gasteiger partial charge on any atom is 0.327 e. The molecule has 6 heteroatoms. The van der Waals surface area contributed by atoms with Crippen molar-refractivity contribution in [3.63, 3.8) is 0 Å². The third kappa shape index (κ3) is 3.32. The lowest BCUT2D eigenvalue weighted by Crippen LogP contribution is -2.37. The van der Waals surface area contributed by atoms with E-state index in [0.29, 0.717) is 13.1 Å². The summed E-state index contributed by atoms with van der Waals surface area (Å²) in [6.45, 7) is 2.84. The molecule has 1 aliphatic heterocycles. The average Bonchev–Trinajstić information content (AvgIpc) is 2.70. The first-order chi connectivity index (χ1) is 9.63. The zero-order valence-electron chi connectivity index (χ0n) is 11.4. The molecule has 2 rings (SSSR count). The molecule has 0 aromatic heterocycles. The first kappa shape index (κ1) is 14.9. The van der Waals surface area contributed by atoms with Crippen LogP contribution in [0.3, 0.4) is 0 Å². The predicted molar refractivity (Wildman–Crippen MR) is 70.2 cm³/mol. The molecule has 0 aliphatic carbocycles. The molecule has 1 aromatic rings. The number of nitrogens with one attached hydrogen (secondary N) is 1. The van der Waals surface area contributed by atoms with Crippen LogP contribution in [0.5, 0.6) is 0 Å². The van der Waals surface area contributed by atoms with Gasteiger partial charge in [0.15, 0.2) is 0 Å². The van der Waals surface area contributed by atoms with E-state index < -0.39 is 23.6 Å². The highest BCUT2D eigenvalue weighted by molar-refractivity contribution is 5.77. The summed E-state index contributed by atoms with van der Waals surface area (Å²) in [5.74, 6) is -1.91. The Kier molecular flexibility index (Phi) is 5.03. The molecular formula is C14H18F2N2O2. The summed E-state index contributed by atoms with van der Waals surface area (Å²) in [4.78, 5) is 13.9. The van der Waals surface area contributed by atoms with Crippen molar-refractivity contribution in [1.82, 2.24) is 10.2 Å². The van der Waals surface area contributed by atoms with Crippen molar-refractivity contribution < 1.29 is 18.3 Å². The number of hydrogen-bond acceptors (Lipinski definition) is 4. The first-order valence-electron chi connectivity index (χ1n) is 6.61. The second-order valence-corrected chi connectivity index (χ2v) is 4.73. The number of benzene rings is 1. The maximum atomic E-state index is 14.0. The van der Waals surface area contributed by atoms with Crippen LogP contribution in [0, 0.1) is 11.6 Å². The molecule has 4 nitrogen and oxygen atoms in total. The van der Waals surface area contributed by atoms with Gasteiger partial charge in [0.05, 0.1) is 7.11 Å². The number of hydrogen-bond donors (Lipinski definition) is 1. The molecule has 1 N–H and O–H groups in total. The van der Waals surface area contributed by atoms with Gasteiger partial charge in [-0.05, 0) is 19.0 Å². The lowest BCUT2D eigenvalue weighted by Gasteiger charge is -2.28. The summed E-state index contributed by atoms with van der Waals surface area (Å²) in [5, 5.41) is 3.22. The number of halogens is 2. The van der Waals surface area contributed by atoms with Crippen LogP contribution in [0.15, 0.2) is 18.2 Å². The monoisotopic (exact) mass is 284 g/mol. The van der Waals surface area contributed by atoms with Crippen LogP contribution in [0.25, 0.3) is 0 Å². The number of ether oxygens (including phenoxy) is 1. The molecule has 1 heterocycles. The van der Waals surface area contributed by atoms with Gasteiger partial charge in [-0.1, -0.05) is 6.07 Å². The van der Waals surface area contributed by atoms with Gasteiger partial charge in [0.1, 0.15) is 17.7 Å². The van der Waals surface area contributed by atoms with Crippen LogP contribution in [0.1, 0.15) is 18.0 Å². The van der Waals surface area contributed by atoms with Gasteiger partial charge in [-0.3, -0.25) is 4.90 Å². The minimum absolute atomic E-state index is 0.153. The van der Waals surface area contributed by atoms with Gasteiger partial charge in [0.2, 0.25) is 0 Å². The van der Waals surface area contributed by atoms with E-state index in [4.69, 9.17) is 4.74 Å². The Hall–Kier alpha value is -1.53. The summed E-state index contributed by atoms with van der Waals surface area (Å²) < 4.78 is 31.8. The summed E-state index contributed by atoms with van der Waals surface area (Å²) in [5.41, 5.74) is 0.153. The molecule has 1 aliphatic rings. The van der Waals surface area contributed by atoms with E-state index in [1.807, 2.05) is 4.90 Å². The molecule has 1 fully saturated rings. The predicted octanol–water partition coefficient (Wildman–Crippen LogP) is 1.47. The van der Waals surface area contributed by atoms with Crippen molar-refractivity contribution in [1.29, 1.82) is 0 Å². The number of rotatable bonds is 3. The molecule has 0 bridgehead atoms. The lowest BCUT2D eigenvalue weighted by molar-refractivity contribution is -0.147. The number of carbonyl (C=O) groups excluding carboxylic acids is 1. The van der Waals surface area contributed by atoms with Gasteiger partial charge in [0.25, 0.3) is 0 Å². The summed E-state index contributed by atoms with van der Waals surface area (Å²) in [6.07, 6.45) is 0.857. The Morgan fingerprint density at radius 3 is 2.85 bits per heavy atom. The fourth-order valence-electron chi connectivity index (χ4n) is 2.43. The summed E-state index contributed by atoms with van der Waals surface area (Å²) in [7, 11) is 1.27. The quantitative estimate of drug-likeness (QED) is 0.854. The van der Waals surface area contributed by atoms with E-state index >= 15 is 0 Å². The van der Waals surface area contributed by atoms with Gasteiger partial charge in [-0.15, -0.1) is 0 Å². The smallest absolute Gasteiger partial charge is 0.327 e. The highest BCUT2D eigenvalue weighted by Crippen LogP contribution is 2.26. The number of carbonyl (C=O) groups is 1. The molecular weight excluding hydrogens is 266 g/mol. The van der Waals surface area contributed by atoms with Gasteiger partial charge < -0.3 is 10.1 Å². The fourth-order valence-corrected chi connectivity index (χ4v) is 2.43. The van der Waals surface area contributed by atoms with Crippen LogP contribution in [0.4, 0.5) is 8.78 Å². The van der Waals surface area contributed by atoms with Crippen molar-refractivity contribution in [3.8, 4) is 0 Å². The Morgan fingerprint density at radius 1 is 1.35 bits per heavy atom. The zero-order chi connectivity index (χ0) is 14.5. The number of methoxy groups -OCH3 is 1. The van der Waals surface area contributed by atoms with Gasteiger partial charge in [-0.25, -0.2) is 13.6 Å². The maximum absolute atomic E-state index is 14.0. The van der Waals surface area contributed by atoms with Crippen molar-refractivity contribution >= 4 is 5.97 Å². The second-order valence-electron chi connectivity index (χ2n) is 4.73. The Bertz CT molecular complexity index is 474. The normalized spacial score (nSPS) is 18.4. The van der Waals surface area contributed by atoms with Crippen LogP contribution < -0.4 is 5.32 Å². The molecule has 20 heavy (non-hydrogen) atoms. The third-order valence-electron chi connectivity index (χ3n) is 3.42. The first-order valence-corrected chi connectivity index (χ1v) is 6.61. The summed E-state index contributed by atoms with van der Waals surface area (Å²) in [6, 6.07) is 2.43. The number of nitrogens with zero attached hydrogens (tertiary/aromatic N) is 1. The minimum atomic E-state index is -0.833. The molecule has 0 spiro atoms. The third-order valence-corrected chi connectivity index (χ3v) is 3.42.